The van der Waals surface area contributed by atoms with Gasteiger partial charge in [0.1, 0.15) is 12.4 Å². The molecule has 0 saturated heterocycles. The zero-order valence-electron chi connectivity index (χ0n) is 13.8. The highest BCUT2D eigenvalue weighted by Gasteiger charge is 2.04. The van der Waals surface area contributed by atoms with Crippen molar-refractivity contribution >= 4 is 23.5 Å². The SMILES string of the molecule is Cc1ccc(/C=N/NC(=O)c2ccc(OCc3ccccc3)cc2)s1. The van der Waals surface area contributed by atoms with Gasteiger partial charge in [0.25, 0.3) is 5.91 Å². The van der Waals surface area contributed by atoms with Crippen LogP contribution in [0.3, 0.4) is 0 Å². The summed E-state index contributed by atoms with van der Waals surface area (Å²) in [4.78, 5) is 14.3. The molecule has 1 heterocycles. The standard InChI is InChI=1S/C20H18N2O2S/c1-15-7-12-19(25-15)13-21-22-20(23)17-8-10-18(11-9-17)24-14-16-5-3-2-4-6-16/h2-13H,14H2,1H3,(H,22,23)/b21-13+. The second-order valence-corrected chi connectivity index (χ2v) is 6.77. The average Bonchev–Trinajstić information content (AvgIpc) is 3.06. The van der Waals surface area contributed by atoms with Crippen LogP contribution in [0.1, 0.15) is 25.7 Å². The van der Waals surface area contributed by atoms with Gasteiger partial charge in [-0.1, -0.05) is 30.3 Å². The van der Waals surface area contributed by atoms with Crippen molar-refractivity contribution in [1.82, 2.24) is 5.43 Å². The Kier molecular flexibility index (Phi) is 5.59. The summed E-state index contributed by atoms with van der Waals surface area (Å²) in [6, 6.07) is 20.9. The van der Waals surface area contributed by atoms with Crippen LogP contribution in [0.15, 0.2) is 71.8 Å². The Morgan fingerprint density at radius 2 is 1.84 bits per heavy atom. The van der Waals surface area contributed by atoms with E-state index in [2.05, 4.69) is 10.5 Å². The first-order chi connectivity index (χ1) is 12.2. The number of amides is 1. The van der Waals surface area contributed by atoms with E-state index in [-0.39, 0.29) is 5.91 Å². The summed E-state index contributed by atoms with van der Waals surface area (Å²) >= 11 is 1.62. The first-order valence-corrected chi connectivity index (χ1v) is 8.69. The lowest BCUT2D eigenvalue weighted by molar-refractivity contribution is 0.0955. The van der Waals surface area contributed by atoms with E-state index in [4.69, 9.17) is 4.74 Å². The van der Waals surface area contributed by atoms with Crippen LogP contribution in [-0.2, 0) is 6.61 Å². The molecule has 1 amide bonds. The van der Waals surface area contributed by atoms with Crippen LogP contribution in [0.2, 0.25) is 0 Å². The van der Waals surface area contributed by atoms with Crippen molar-refractivity contribution in [3.8, 4) is 5.75 Å². The van der Waals surface area contributed by atoms with Gasteiger partial charge >= 0.3 is 0 Å². The predicted molar refractivity (Wildman–Crippen MR) is 101 cm³/mol. The normalized spacial score (nSPS) is 10.8. The lowest BCUT2D eigenvalue weighted by Gasteiger charge is -2.07. The Morgan fingerprint density at radius 1 is 1.08 bits per heavy atom. The molecule has 0 spiro atoms. The van der Waals surface area contributed by atoms with Crippen molar-refractivity contribution in [1.29, 1.82) is 0 Å². The number of carbonyl (C=O) groups excluding carboxylic acids is 1. The van der Waals surface area contributed by atoms with Crippen molar-refractivity contribution in [2.24, 2.45) is 5.10 Å². The highest BCUT2D eigenvalue weighted by Crippen LogP contribution is 2.15. The van der Waals surface area contributed by atoms with E-state index in [1.165, 1.54) is 4.88 Å². The van der Waals surface area contributed by atoms with Gasteiger partial charge in [-0.05, 0) is 48.9 Å². The Hall–Kier alpha value is -2.92. The molecule has 0 bridgehead atoms. The fourth-order valence-electron chi connectivity index (χ4n) is 2.19. The van der Waals surface area contributed by atoms with Crippen molar-refractivity contribution in [3.05, 3.63) is 87.6 Å². The average molecular weight is 350 g/mol. The van der Waals surface area contributed by atoms with E-state index >= 15 is 0 Å². The van der Waals surface area contributed by atoms with Crippen LogP contribution >= 0.6 is 11.3 Å². The second-order valence-electron chi connectivity index (χ2n) is 5.45. The number of hydrazone groups is 1. The van der Waals surface area contributed by atoms with Crippen LogP contribution in [0.4, 0.5) is 0 Å². The highest BCUT2D eigenvalue weighted by atomic mass is 32.1. The summed E-state index contributed by atoms with van der Waals surface area (Å²) in [7, 11) is 0. The Balaban J connectivity index is 1.52. The molecular weight excluding hydrogens is 332 g/mol. The zero-order chi connectivity index (χ0) is 17.5. The molecule has 0 radical (unpaired) electrons. The molecule has 0 atom stereocenters. The number of ether oxygens (including phenoxy) is 1. The topological polar surface area (TPSA) is 50.7 Å². The number of carbonyl (C=O) groups is 1. The van der Waals surface area contributed by atoms with E-state index in [9.17, 15) is 4.79 Å². The van der Waals surface area contributed by atoms with Gasteiger partial charge in [-0.3, -0.25) is 4.79 Å². The van der Waals surface area contributed by atoms with Gasteiger partial charge < -0.3 is 4.74 Å². The van der Waals surface area contributed by atoms with Gasteiger partial charge in [-0.25, -0.2) is 5.43 Å². The van der Waals surface area contributed by atoms with E-state index in [1.54, 1.807) is 41.8 Å². The summed E-state index contributed by atoms with van der Waals surface area (Å²) in [6.45, 7) is 2.53. The van der Waals surface area contributed by atoms with E-state index in [0.717, 1.165) is 16.2 Å². The molecule has 126 valence electrons. The summed E-state index contributed by atoms with van der Waals surface area (Å²) in [6.07, 6.45) is 1.65. The molecule has 0 aliphatic heterocycles. The van der Waals surface area contributed by atoms with E-state index < -0.39 is 0 Å². The van der Waals surface area contributed by atoms with Crippen LogP contribution in [0, 0.1) is 6.92 Å². The fraction of sp³-hybridized carbons (Fsp3) is 0.100. The first-order valence-electron chi connectivity index (χ1n) is 7.87. The zero-order valence-corrected chi connectivity index (χ0v) is 14.6. The van der Waals surface area contributed by atoms with Crippen molar-refractivity contribution < 1.29 is 9.53 Å². The van der Waals surface area contributed by atoms with Gasteiger partial charge in [0.15, 0.2) is 0 Å². The molecule has 1 N–H and O–H groups in total. The monoisotopic (exact) mass is 350 g/mol. The maximum Gasteiger partial charge on any atom is 0.271 e. The molecule has 4 nitrogen and oxygen atoms in total. The van der Waals surface area contributed by atoms with Gasteiger partial charge in [0.05, 0.1) is 6.21 Å². The molecule has 0 saturated carbocycles. The van der Waals surface area contributed by atoms with Crippen LogP contribution in [-0.4, -0.2) is 12.1 Å². The number of thiophene rings is 1. The number of benzene rings is 2. The Morgan fingerprint density at radius 3 is 2.52 bits per heavy atom. The first kappa shape index (κ1) is 16.9. The van der Waals surface area contributed by atoms with Gasteiger partial charge in [-0.15, -0.1) is 11.3 Å². The highest BCUT2D eigenvalue weighted by molar-refractivity contribution is 7.13. The minimum atomic E-state index is -0.251. The lowest BCUT2D eigenvalue weighted by Crippen LogP contribution is -2.17. The van der Waals surface area contributed by atoms with Gasteiger partial charge in [0, 0.05) is 15.3 Å². The summed E-state index contributed by atoms with van der Waals surface area (Å²) in [5.41, 5.74) is 4.16. The third-order valence-corrected chi connectivity index (χ3v) is 4.42. The molecule has 2 aromatic carbocycles. The summed E-state index contributed by atoms with van der Waals surface area (Å²) in [5.74, 6) is 0.470. The number of hydrogen-bond acceptors (Lipinski definition) is 4. The smallest absolute Gasteiger partial charge is 0.271 e. The van der Waals surface area contributed by atoms with Crippen LogP contribution in [0.5, 0.6) is 5.75 Å². The largest absolute Gasteiger partial charge is 0.489 e. The van der Waals surface area contributed by atoms with Gasteiger partial charge in [-0.2, -0.15) is 5.10 Å². The second kappa shape index (κ2) is 8.26. The molecule has 3 rings (SSSR count). The molecule has 5 heteroatoms. The third kappa shape index (κ3) is 5.02. The molecule has 0 aliphatic carbocycles. The molecule has 0 fully saturated rings. The Bertz CT molecular complexity index is 855. The molecule has 25 heavy (non-hydrogen) atoms. The minimum Gasteiger partial charge on any atom is -0.489 e. The number of nitrogens with zero attached hydrogens (tertiary/aromatic N) is 1. The molecule has 1 aromatic heterocycles. The predicted octanol–water partition coefficient (Wildman–Crippen LogP) is 4.40. The Labute approximate surface area is 150 Å². The maximum atomic E-state index is 12.1. The molecule has 0 unspecified atom stereocenters. The number of rotatable bonds is 6. The summed E-state index contributed by atoms with van der Waals surface area (Å²) in [5, 5.41) is 3.98. The lowest BCUT2D eigenvalue weighted by atomic mass is 10.2. The van der Waals surface area contributed by atoms with E-state index in [1.807, 2.05) is 49.4 Å². The maximum absolute atomic E-state index is 12.1. The minimum absolute atomic E-state index is 0.251. The third-order valence-electron chi connectivity index (χ3n) is 3.48. The molecule has 0 aliphatic rings. The molecule has 3 aromatic rings. The number of aryl methyl sites for hydroxylation is 1. The van der Waals surface area contributed by atoms with Crippen LogP contribution < -0.4 is 10.2 Å². The molecular formula is C20H18N2O2S. The van der Waals surface area contributed by atoms with Crippen LogP contribution in [0.25, 0.3) is 0 Å². The number of nitrogens with one attached hydrogen (secondary N) is 1. The number of hydrogen-bond donors (Lipinski definition) is 1. The van der Waals surface area contributed by atoms with Gasteiger partial charge in [0.2, 0.25) is 0 Å². The van der Waals surface area contributed by atoms with Crippen molar-refractivity contribution in [2.75, 3.05) is 0 Å². The van der Waals surface area contributed by atoms with Crippen molar-refractivity contribution in [2.45, 2.75) is 13.5 Å². The van der Waals surface area contributed by atoms with E-state index in [0.29, 0.717) is 12.2 Å². The summed E-state index contributed by atoms with van der Waals surface area (Å²) < 4.78 is 5.71. The quantitative estimate of drug-likeness (QED) is 0.529. The fourth-order valence-corrected chi connectivity index (χ4v) is 2.93. The van der Waals surface area contributed by atoms with Crippen molar-refractivity contribution in [3.63, 3.8) is 0 Å².